The average molecular weight is 495 g/mol. The first-order chi connectivity index (χ1) is 16.6. The number of nitrogens with one attached hydrogen (secondary N) is 1. The highest BCUT2D eigenvalue weighted by Gasteiger charge is 2.16. The van der Waals surface area contributed by atoms with E-state index < -0.39 is 10.8 Å². The molecule has 0 atom stereocenters. The number of ether oxygens (including phenoxy) is 1. The maximum absolute atomic E-state index is 12.8. The highest BCUT2D eigenvalue weighted by molar-refractivity contribution is 6.31. The fourth-order valence-electron chi connectivity index (χ4n) is 3.65. The van der Waals surface area contributed by atoms with Crippen molar-refractivity contribution in [2.24, 2.45) is 0 Å². The molecule has 2 aromatic heterocycles. The minimum Gasteiger partial charge on any atom is -0.457 e. The molecule has 1 N–H and O–H groups in total. The van der Waals surface area contributed by atoms with E-state index in [9.17, 15) is 14.9 Å². The molecule has 35 heavy (non-hydrogen) atoms. The van der Waals surface area contributed by atoms with E-state index in [1.54, 1.807) is 21.6 Å². The molecule has 4 rings (SSSR count). The largest absolute Gasteiger partial charge is 0.457 e. The zero-order valence-corrected chi connectivity index (χ0v) is 20.3. The van der Waals surface area contributed by atoms with Gasteiger partial charge in [0.2, 0.25) is 0 Å². The third-order valence-corrected chi connectivity index (χ3v) is 5.78. The summed E-state index contributed by atoms with van der Waals surface area (Å²) >= 11 is 6.19. The Morgan fingerprint density at radius 3 is 2.37 bits per heavy atom. The van der Waals surface area contributed by atoms with Crippen LogP contribution in [0.15, 0.2) is 48.7 Å². The molecule has 0 aliphatic carbocycles. The number of nitro groups is 1. The van der Waals surface area contributed by atoms with Gasteiger partial charge in [-0.2, -0.15) is 10.2 Å². The van der Waals surface area contributed by atoms with Gasteiger partial charge in [0.25, 0.3) is 11.6 Å². The zero-order valence-electron chi connectivity index (χ0n) is 19.6. The van der Waals surface area contributed by atoms with Crippen LogP contribution in [0.2, 0.25) is 5.02 Å². The molecule has 0 aliphatic rings. The molecule has 0 spiro atoms. The number of carbonyl (C=O) groups is 1. The van der Waals surface area contributed by atoms with Crippen molar-refractivity contribution in [2.75, 3.05) is 5.32 Å². The number of hydrogen-bond donors (Lipinski definition) is 1. The molecular formula is C24H23ClN6O4. The van der Waals surface area contributed by atoms with Crippen LogP contribution in [0.25, 0.3) is 0 Å². The second-order valence-electron chi connectivity index (χ2n) is 8.22. The molecule has 2 aromatic carbocycles. The molecule has 0 saturated heterocycles. The van der Waals surface area contributed by atoms with Crippen molar-refractivity contribution in [1.29, 1.82) is 0 Å². The number of aromatic nitrogens is 4. The van der Waals surface area contributed by atoms with Gasteiger partial charge in [-0.25, -0.2) is 4.68 Å². The molecule has 11 heteroatoms. The summed E-state index contributed by atoms with van der Waals surface area (Å²) in [6.07, 6.45) is 1.64. The number of aryl methyl sites for hydroxylation is 3. The van der Waals surface area contributed by atoms with Crippen molar-refractivity contribution in [2.45, 2.75) is 34.4 Å². The number of amides is 1. The minimum atomic E-state index is -0.543. The molecule has 0 radical (unpaired) electrons. The number of anilines is 1. The lowest BCUT2D eigenvalue weighted by Gasteiger charge is -2.10. The van der Waals surface area contributed by atoms with Crippen LogP contribution in [-0.2, 0) is 6.67 Å². The van der Waals surface area contributed by atoms with Crippen LogP contribution in [0, 0.1) is 37.8 Å². The Labute approximate surface area is 206 Å². The van der Waals surface area contributed by atoms with Crippen LogP contribution in [0.4, 0.5) is 11.4 Å². The average Bonchev–Trinajstić information content (AvgIpc) is 3.33. The van der Waals surface area contributed by atoms with Crippen molar-refractivity contribution < 1.29 is 14.5 Å². The SMILES string of the molecule is Cc1cc(C)cc(Oc2cc(NC(=O)c3ccn(Cn4nc(C)c(Cl)c4C)n3)cc([N+](=O)[O-])c2)c1. The first-order valence-corrected chi connectivity index (χ1v) is 11.1. The van der Waals surface area contributed by atoms with Crippen LogP contribution < -0.4 is 10.1 Å². The molecule has 0 aliphatic heterocycles. The van der Waals surface area contributed by atoms with Crippen molar-refractivity contribution in [3.8, 4) is 11.5 Å². The highest BCUT2D eigenvalue weighted by atomic mass is 35.5. The Bertz CT molecular complexity index is 1420. The Hall–Kier alpha value is -4.18. The number of hydrogen-bond acceptors (Lipinski definition) is 6. The van der Waals surface area contributed by atoms with Gasteiger partial charge >= 0.3 is 0 Å². The summed E-state index contributed by atoms with van der Waals surface area (Å²) in [5.74, 6) is 0.253. The number of benzene rings is 2. The van der Waals surface area contributed by atoms with E-state index in [1.807, 2.05) is 45.9 Å². The quantitative estimate of drug-likeness (QED) is 0.270. The normalized spacial score (nSPS) is 10.9. The predicted molar refractivity (Wildman–Crippen MR) is 131 cm³/mol. The summed E-state index contributed by atoms with van der Waals surface area (Å²) < 4.78 is 9.09. The van der Waals surface area contributed by atoms with Crippen LogP contribution in [0.3, 0.4) is 0 Å². The lowest BCUT2D eigenvalue weighted by atomic mass is 10.1. The molecule has 4 aromatic rings. The summed E-state index contributed by atoms with van der Waals surface area (Å²) in [6, 6.07) is 11.3. The van der Waals surface area contributed by atoms with Crippen LogP contribution in [0.1, 0.15) is 33.0 Å². The predicted octanol–water partition coefficient (Wildman–Crippen LogP) is 5.43. The molecule has 0 unspecified atom stereocenters. The second-order valence-corrected chi connectivity index (χ2v) is 8.60. The summed E-state index contributed by atoms with van der Waals surface area (Å²) in [7, 11) is 0. The number of non-ortho nitro benzene ring substituents is 1. The fraction of sp³-hybridized carbons (Fsp3) is 0.208. The van der Waals surface area contributed by atoms with Gasteiger partial charge < -0.3 is 10.1 Å². The van der Waals surface area contributed by atoms with Crippen molar-refractivity contribution in [3.05, 3.63) is 92.0 Å². The van der Waals surface area contributed by atoms with Gasteiger partial charge in [-0.05, 0) is 57.0 Å². The minimum absolute atomic E-state index is 0.140. The van der Waals surface area contributed by atoms with E-state index in [1.165, 1.54) is 18.2 Å². The fourth-order valence-corrected chi connectivity index (χ4v) is 3.79. The van der Waals surface area contributed by atoms with Crippen molar-refractivity contribution in [3.63, 3.8) is 0 Å². The first-order valence-electron chi connectivity index (χ1n) is 10.7. The lowest BCUT2D eigenvalue weighted by Crippen LogP contribution is -2.16. The Kier molecular flexibility index (Phi) is 6.57. The summed E-state index contributed by atoms with van der Waals surface area (Å²) in [4.78, 5) is 23.7. The Balaban J connectivity index is 1.53. The molecule has 2 heterocycles. The Morgan fingerprint density at radius 2 is 1.74 bits per heavy atom. The molecule has 1 amide bonds. The lowest BCUT2D eigenvalue weighted by molar-refractivity contribution is -0.384. The van der Waals surface area contributed by atoms with Crippen LogP contribution >= 0.6 is 11.6 Å². The van der Waals surface area contributed by atoms with E-state index >= 15 is 0 Å². The molecule has 180 valence electrons. The standard InChI is InChI=1S/C24H23ClN6O4/c1-14-7-15(2)9-20(8-14)35-21-11-18(10-19(12-21)31(33)34)26-24(32)22-5-6-29(28-22)13-30-17(4)23(25)16(3)27-30/h5-12H,13H2,1-4H3,(H,26,32). The summed E-state index contributed by atoms with van der Waals surface area (Å²) in [5.41, 5.74) is 3.63. The molecule has 0 fully saturated rings. The molecule has 0 saturated carbocycles. The van der Waals surface area contributed by atoms with Gasteiger partial charge in [0.1, 0.15) is 18.2 Å². The molecule has 10 nitrogen and oxygen atoms in total. The van der Waals surface area contributed by atoms with Crippen LogP contribution in [-0.4, -0.2) is 30.4 Å². The van der Waals surface area contributed by atoms with Gasteiger partial charge in [-0.1, -0.05) is 17.7 Å². The smallest absolute Gasteiger partial charge is 0.276 e. The molecular weight excluding hydrogens is 472 g/mol. The van der Waals surface area contributed by atoms with Gasteiger partial charge in [-0.3, -0.25) is 19.6 Å². The van der Waals surface area contributed by atoms with E-state index in [-0.39, 0.29) is 29.5 Å². The van der Waals surface area contributed by atoms with Crippen molar-refractivity contribution in [1.82, 2.24) is 19.6 Å². The van der Waals surface area contributed by atoms with E-state index in [0.717, 1.165) is 16.8 Å². The number of carbonyl (C=O) groups excluding carboxylic acids is 1. The third-order valence-electron chi connectivity index (χ3n) is 5.24. The highest BCUT2D eigenvalue weighted by Crippen LogP contribution is 2.31. The molecule has 0 bridgehead atoms. The first kappa shape index (κ1) is 24.0. The zero-order chi connectivity index (χ0) is 25.3. The van der Waals surface area contributed by atoms with E-state index in [4.69, 9.17) is 16.3 Å². The summed E-state index contributed by atoms with van der Waals surface area (Å²) in [6.45, 7) is 7.80. The van der Waals surface area contributed by atoms with Crippen LogP contribution in [0.5, 0.6) is 11.5 Å². The Morgan fingerprint density at radius 1 is 1.06 bits per heavy atom. The number of nitrogens with zero attached hydrogens (tertiary/aromatic N) is 5. The third kappa shape index (κ3) is 5.49. The monoisotopic (exact) mass is 494 g/mol. The summed E-state index contributed by atoms with van der Waals surface area (Å²) in [5, 5.41) is 23.3. The second kappa shape index (κ2) is 9.59. The maximum atomic E-state index is 12.8. The van der Waals surface area contributed by atoms with Crippen molar-refractivity contribution >= 4 is 28.9 Å². The van der Waals surface area contributed by atoms with Gasteiger partial charge in [0, 0.05) is 18.3 Å². The maximum Gasteiger partial charge on any atom is 0.276 e. The van der Waals surface area contributed by atoms with Gasteiger partial charge in [0.05, 0.1) is 33.1 Å². The topological polar surface area (TPSA) is 117 Å². The van der Waals surface area contributed by atoms with Gasteiger partial charge in [-0.15, -0.1) is 0 Å². The number of halogens is 1. The van der Waals surface area contributed by atoms with E-state index in [2.05, 4.69) is 15.5 Å². The van der Waals surface area contributed by atoms with E-state index in [0.29, 0.717) is 16.5 Å². The number of nitro benzene ring substituents is 1. The number of rotatable bonds is 7. The van der Waals surface area contributed by atoms with Gasteiger partial charge in [0.15, 0.2) is 5.69 Å².